The first-order chi connectivity index (χ1) is 6.36. The van der Waals surface area contributed by atoms with Crippen LogP contribution in [-0.2, 0) is 9.59 Å². The topological polar surface area (TPSA) is 127 Å². The van der Waals surface area contributed by atoms with E-state index < -0.39 is 24.0 Å². The van der Waals surface area contributed by atoms with Crippen LogP contribution in [0.5, 0.6) is 0 Å². The van der Waals surface area contributed by atoms with Gasteiger partial charge in [0.15, 0.2) is 0 Å². The summed E-state index contributed by atoms with van der Waals surface area (Å²) in [6.07, 6.45) is 0. The molecular weight excluding hydrogens is 299 g/mol. The van der Waals surface area contributed by atoms with Gasteiger partial charge in [0.2, 0.25) is 0 Å². The molecular formula is C6H16Cl2N2O4S2. The molecule has 0 amide bonds. The van der Waals surface area contributed by atoms with Gasteiger partial charge in [-0.15, -0.1) is 24.8 Å². The van der Waals surface area contributed by atoms with Gasteiger partial charge in [-0.2, -0.15) is 25.3 Å². The Bertz CT molecular complexity index is 179. The number of rotatable bonds is 4. The van der Waals surface area contributed by atoms with Crippen LogP contribution in [0.4, 0.5) is 0 Å². The van der Waals surface area contributed by atoms with Crippen LogP contribution in [0.2, 0.25) is 0 Å². The van der Waals surface area contributed by atoms with Gasteiger partial charge in [-0.1, -0.05) is 0 Å². The maximum absolute atomic E-state index is 9.76. The van der Waals surface area contributed by atoms with E-state index in [0.717, 1.165) is 0 Å². The van der Waals surface area contributed by atoms with Crippen LogP contribution in [0.25, 0.3) is 0 Å². The summed E-state index contributed by atoms with van der Waals surface area (Å²) in [5.74, 6) is -1.63. The van der Waals surface area contributed by atoms with Gasteiger partial charge in [0, 0.05) is 11.5 Å². The standard InChI is InChI=1S/2C3H7NO2S.2ClH/c2*4-2(1-7)3(5)6;;/h2*2,7H,1,4H2,(H,5,6);2*1H/t2*2-;;/m00../s1. The molecule has 0 aliphatic heterocycles. The van der Waals surface area contributed by atoms with Crippen LogP contribution in [-0.4, -0.2) is 45.7 Å². The molecule has 0 aliphatic carbocycles. The summed E-state index contributed by atoms with van der Waals surface area (Å²) in [4.78, 5) is 19.5. The summed E-state index contributed by atoms with van der Waals surface area (Å²) < 4.78 is 0. The smallest absolute Gasteiger partial charge is 0.321 e. The monoisotopic (exact) mass is 314 g/mol. The molecule has 0 aromatic rings. The number of aliphatic carboxylic acids is 2. The zero-order valence-electron chi connectivity index (χ0n) is 8.15. The summed E-state index contributed by atoms with van der Waals surface area (Å²) in [6, 6.07) is -1.63. The molecule has 100 valence electrons. The lowest BCUT2D eigenvalue weighted by atomic mass is 10.4. The zero-order valence-corrected chi connectivity index (χ0v) is 11.6. The highest BCUT2D eigenvalue weighted by Crippen LogP contribution is 1.80. The summed E-state index contributed by atoms with van der Waals surface area (Å²) in [5.41, 5.74) is 9.88. The number of carboxylic acid groups (broad SMARTS) is 2. The molecule has 0 spiro atoms. The number of nitrogens with two attached hydrogens (primary N) is 2. The lowest BCUT2D eigenvalue weighted by molar-refractivity contribution is -0.138. The molecule has 10 heteroatoms. The van der Waals surface area contributed by atoms with Crippen molar-refractivity contribution >= 4 is 62.0 Å². The fraction of sp³-hybridized carbons (Fsp3) is 0.667. The molecule has 0 aliphatic rings. The Morgan fingerprint density at radius 3 is 1.12 bits per heavy atom. The van der Waals surface area contributed by atoms with Crippen molar-refractivity contribution in [1.29, 1.82) is 0 Å². The number of hydrogen-bond acceptors (Lipinski definition) is 6. The molecule has 0 bridgehead atoms. The van der Waals surface area contributed by atoms with Crippen LogP contribution < -0.4 is 11.5 Å². The SMILES string of the molecule is Cl.Cl.N[C@@H](CS)C(=O)O.N[C@@H](CS)C(=O)O. The summed E-state index contributed by atoms with van der Waals surface area (Å²) in [5, 5.41) is 16.0. The molecule has 0 aromatic carbocycles. The van der Waals surface area contributed by atoms with E-state index in [2.05, 4.69) is 25.3 Å². The maximum Gasteiger partial charge on any atom is 0.321 e. The van der Waals surface area contributed by atoms with Gasteiger partial charge in [0.25, 0.3) is 0 Å². The minimum absolute atomic E-state index is 0. The van der Waals surface area contributed by atoms with Crippen molar-refractivity contribution in [2.24, 2.45) is 11.5 Å². The average molecular weight is 315 g/mol. The van der Waals surface area contributed by atoms with Crippen molar-refractivity contribution < 1.29 is 19.8 Å². The zero-order chi connectivity index (χ0) is 11.7. The molecule has 2 atom stereocenters. The molecule has 0 fully saturated rings. The van der Waals surface area contributed by atoms with E-state index in [4.69, 9.17) is 21.7 Å². The lowest BCUT2D eigenvalue weighted by Crippen LogP contribution is -2.31. The van der Waals surface area contributed by atoms with Gasteiger partial charge >= 0.3 is 11.9 Å². The van der Waals surface area contributed by atoms with Gasteiger partial charge in [0.1, 0.15) is 12.1 Å². The van der Waals surface area contributed by atoms with Crippen LogP contribution >= 0.6 is 50.1 Å². The molecule has 0 saturated heterocycles. The molecule has 6 N–H and O–H groups in total. The lowest BCUT2D eigenvalue weighted by Gasteiger charge is -1.96. The molecule has 0 heterocycles. The Kier molecular flexibility index (Phi) is 23.8. The molecule has 0 radical (unpaired) electrons. The molecule has 16 heavy (non-hydrogen) atoms. The summed E-state index contributed by atoms with van der Waals surface area (Å²) in [7, 11) is 0. The third-order valence-corrected chi connectivity index (χ3v) is 1.81. The molecule has 0 rings (SSSR count). The van der Waals surface area contributed by atoms with E-state index >= 15 is 0 Å². The maximum atomic E-state index is 9.76. The number of carboxylic acids is 2. The largest absolute Gasteiger partial charge is 0.480 e. The quantitative estimate of drug-likeness (QED) is 0.388. The predicted octanol–water partition coefficient (Wildman–Crippen LogP) is -0.500. The second-order valence-corrected chi connectivity index (χ2v) is 2.98. The van der Waals surface area contributed by atoms with Crippen molar-refractivity contribution in [3.8, 4) is 0 Å². The predicted molar refractivity (Wildman–Crippen MR) is 73.4 cm³/mol. The van der Waals surface area contributed by atoms with Crippen LogP contribution in [0.3, 0.4) is 0 Å². The van der Waals surface area contributed by atoms with E-state index in [0.29, 0.717) is 0 Å². The first-order valence-electron chi connectivity index (χ1n) is 3.55. The van der Waals surface area contributed by atoms with Gasteiger partial charge in [-0.3, -0.25) is 9.59 Å². The van der Waals surface area contributed by atoms with Crippen molar-refractivity contribution in [2.45, 2.75) is 12.1 Å². The van der Waals surface area contributed by atoms with Crippen LogP contribution in [0.15, 0.2) is 0 Å². The summed E-state index contributed by atoms with van der Waals surface area (Å²) in [6.45, 7) is 0. The van der Waals surface area contributed by atoms with E-state index in [1.54, 1.807) is 0 Å². The minimum atomic E-state index is -1.00. The van der Waals surface area contributed by atoms with Crippen molar-refractivity contribution in [3.63, 3.8) is 0 Å². The van der Waals surface area contributed by atoms with Crippen LogP contribution in [0.1, 0.15) is 0 Å². The van der Waals surface area contributed by atoms with Crippen LogP contribution in [0, 0.1) is 0 Å². The first kappa shape index (κ1) is 25.1. The third kappa shape index (κ3) is 16.6. The van der Waals surface area contributed by atoms with E-state index in [-0.39, 0.29) is 36.3 Å². The average Bonchev–Trinajstić information content (AvgIpc) is 2.15. The van der Waals surface area contributed by atoms with Crippen molar-refractivity contribution in [1.82, 2.24) is 0 Å². The second kappa shape index (κ2) is 15.1. The molecule has 0 aromatic heterocycles. The van der Waals surface area contributed by atoms with Crippen molar-refractivity contribution in [3.05, 3.63) is 0 Å². The van der Waals surface area contributed by atoms with Gasteiger partial charge in [-0.05, 0) is 0 Å². The van der Waals surface area contributed by atoms with Gasteiger partial charge in [0.05, 0.1) is 0 Å². The first-order valence-corrected chi connectivity index (χ1v) is 4.81. The second-order valence-electron chi connectivity index (χ2n) is 2.25. The van der Waals surface area contributed by atoms with Gasteiger partial charge < -0.3 is 21.7 Å². The molecule has 0 unspecified atom stereocenters. The fourth-order valence-corrected chi connectivity index (χ4v) is 0.469. The Hall–Kier alpha value is 0.140. The highest BCUT2D eigenvalue weighted by molar-refractivity contribution is 7.80. The summed E-state index contributed by atoms with van der Waals surface area (Å²) >= 11 is 7.30. The fourth-order valence-electron chi connectivity index (χ4n) is 0.156. The molecule has 6 nitrogen and oxygen atoms in total. The Morgan fingerprint density at radius 1 is 0.938 bits per heavy atom. The Morgan fingerprint density at radius 2 is 1.12 bits per heavy atom. The Balaban J connectivity index is -0.0000000800. The molecule has 0 saturated carbocycles. The number of thiol groups is 2. The highest BCUT2D eigenvalue weighted by Gasteiger charge is 2.06. The van der Waals surface area contributed by atoms with Gasteiger partial charge in [-0.25, -0.2) is 0 Å². The number of carbonyl (C=O) groups is 2. The highest BCUT2D eigenvalue weighted by atomic mass is 35.5. The number of hydrogen-bond donors (Lipinski definition) is 6. The Labute approximate surface area is 117 Å². The minimum Gasteiger partial charge on any atom is -0.480 e. The van der Waals surface area contributed by atoms with E-state index in [1.807, 2.05) is 0 Å². The normalized spacial score (nSPS) is 11.8. The third-order valence-electron chi connectivity index (χ3n) is 1.03. The van der Waals surface area contributed by atoms with Crippen molar-refractivity contribution in [2.75, 3.05) is 11.5 Å². The van der Waals surface area contributed by atoms with E-state index in [1.165, 1.54) is 0 Å². The number of halogens is 2. The van der Waals surface area contributed by atoms with E-state index in [9.17, 15) is 9.59 Å².